The SMILES string of the molecule is C/C=C(OC1CNCCNCCNCCN1)\C(=N\OC)C(=O)NC. The van der Waals surface area contributed by atoms with E-state index < -0.39 is 0 Å². The molecule has 0 aromatic rings. The van der Waals surface area contributed by atoms with E-state index in [0.717, 1.165) is 39.3 Å². The van der Waals surface area contributed by atoms with Gasteiger partial charge in [-0.25, -0.2) is 0 Å². The van der Waals surface area contributed by atoms with E-state index in [2.05, 4.69) is 31.7 Å². The summed E-state index contributed by atoms with van der Waals surface area (Å²) in [6.45, 7) is 7.58. The number of carbonyl (C=O) groups is 1. The van der Waals surface area contributed by atoms with Gasteiger partial charge in [-0.05, 0) is 13.0 Å². The molecule has 0 radical (unpaired) electrons. The summed E-state index contributed by atoms with van der Waals surface area (Å²) in [6.07, 6.45) is 1.41. The average Bonchev–Trinajstić information content (AvgIpc) is 2.59. The van der Waals surface area contributed by atoms with Gasteiger partial charge in [-0.3, -0.25) is 10.1 Å². The first-order chi connectivity index (χ1) is 11.7. The smallest absolute Gasteiger partial charge is 0.276 e. The van der Waals surface area contributed by atoms with Crippen LogP contribution in [0.3, 0.4) is 0 Å². The summed E-state index contributed by atoms with van der Waals surface area (Å²) in [5.41, 5.74) is 0.107. The highest BCUT2D eigenvalue weighted by Gasteiger charge is 2.21. The molecule has 0 aromatic carbocycles. The summed E-state index contributed by atoms with van der Waals surface area (Å²) in [4.78, 5) is 16.7. The fourth-order valence-electron chi connectivity index (χ4n) is 2.14. The number of ether oxygens (including phenoxy) is 1. The van der Waals surface area contributed by atoms with Crippen LogP contribution in [0.1, 0.15) is 6.92 Å². The summed E-state index contributed by atoms with van der Waals surface area (Å²) in [7, 11) is 2.93. The summed E-state index contributed by atoms with van der Waals surface area (Å²) in [5.74, 6) is 0.00519. The van der Waals surface area contributed by atoms with Crippen LogP contribution in [-0.4, -0.2) is 77.8 Å². The van der Waals surface area contributed by atoms with Crippen LogP contribution < -0.4 is 26.6 Å². The highest BCUT2D eigenvalue weighted by atomic mass is 16.6. The minimum Gasteiger partial charge on any atom is -0.472 e. The topological polar surface area (TPSA) is 108 Å². The van der Waals surface area contributed by atoms with Crippen LogP contribution in [0.2, 0.25) is 0 Å². The highest BCUT2D eigenvalue weighted by molar-refractivity contribution is 6.44. The van der Waals surface area contributed by atoms with E-state index in [1.165, 1.54) is 14.2 Å². The standard InChI is InChI=1S/C15H30N6O3/c1-4-12(14(21-23-3)15(22)16-2)24-13-11-19-8-7-17-5-6-18-9-10-20-13/h4,13,17-20H,5-11H2,1-3H3,(H,16,22)/b12-4+,21-14-. The second-order valence-electron chi connectivity index (χ2n) is 5.12. The van der Waals surface area contributed by atoms with Crippen molar-refractivity contribution < 1.29 is 14.4 Å². The average molecular weight is 342 g/mol. The third-order valence-corrected chi connectivity index (χ3v) is 3.35. The van der Waals surface area contributed by atoms with Gasteiger partial charge in [0.25, 0.3) is 5.91 Å². The van der Waals surface area contributed by atoms with E-state index >= 15 is 0 Å². The lowest BCUT2D eigenvalue weighted by Gasteiger charge is -2.23. The molecule has 1 rings (SSSR count). The molecule has 0 saturated carbocycles. The molecule has 5 N–H and O–H groups in total. The van der Waals surface area contributed by atoms with Gasteiger partial charge >= 0.3 is 0 Å². The molecule has 1 heterocycles. The molecule has 0 aliphatic carbocycles. The molecule has 1 saturated heterocycles. The molecule has 24 heavy (non-hydrogen) atoms. The number of amides is 1. The maximum Gasteiger partial charge on any atom is 0.276 e. The van der Waals surface area contributed by atoms with Crippen LogP contribution >= 0.6 is 0 Å². The van der Waals surface area contributed by atoms with Gasteiger partial charge in [0.1, 0.15) is 7.11 Å². The number of rotatable bonds is 5. The zero-order valence-corrected chi connectivity index (χ0v) is 14.8. The Morgan fingerprint density at radius 1 is 1.12 bits per heavy atom. The van der Waals surface area contributed by atoms with Crippen LogP contribution in [0.25, 0.3) is 0 Å². The summed E-state index contributed by atoms with van der Waals surface area (Å²) < 4.78 is 5.95. The van der Waals surface area contributed by atoms with E-state index in [9.17, 15) is 4.79 Å². The predicted molar refractivity (Wildman–Crippen MR) is 93.8 cm³/mol. The fourth-order valence-corrected chi connectivity index (χ4v) is 2.14. The molecule has 9 nitrogen and oxygen atoms in total. The molecule has 0 bridgehead atoms. The molecule has 1 atom stereocenters. The van der Waals surface area contributed by atoms with E-state index in [0.29, 0.717) is 12.3 Å². The Morgan fingerprint density at radius 3 is 2.33 bits per heavy atom. The second-order valence-corrected chi connectivity index (χ2v) is 5.12. The van der Waals surface area contributed by atoms with Gasteiger partial charge in [0.05, 0.1) is 0 Å². The minimum absolute atomic E-state index is 0.107. The molecule has 0 aromatic heterocycles. The Balaban J connectivity index is 2.70. The van der Waals surface area contributed by atoms with Crippen LogP contribution in [0, 0.1) is 0 Å². The molecule has 138 valence electrons. The van der Waals surface area contributed by atoms with Gasteiger partial charge < -0.3 is 30.8 Å². The summed E-state index contributed by atoms with van der Waals surface area (Å²) in [6, 6.07) is 0. The number of allylic oxidation sites excluding steroid dienone is 1. The second kappa shape index (κ2) is 12.7. The van der Waals surface area contributed by atoms with Gasteiger partial charge in [0.2, 0.25) is 5.71 Å². The van der Waals surface area contributed by atoms with Crippen molar-refractivity contribution in [3.05, 3.63) is 11.8 Å². The van der Waals surface area contributed by atoms with Gasteiger partial charge in [-0.2, -0.15) is 0 Å². The molecule has 0 spiro atoms. The zero-order valence-electron chi connectivity index (χ0n) is 14.8. The number of hydrogen-bond donors (Lipinski definition) is 5. The first-order valence-electron chi connectivity index (χ1n) is 8.25. The van der Waals surface area contributed by atoms with E-state index in [-0.39, 0.29) is 17.8 Å². The molecule has 9 heteroatoms. The normalized spacial score (nSPS) is 22.0. The van der Waals surface area contributed by atoms with Crippen molar-refractivity contribution in [2.75, 3.05) is 60.0 Å². The van der Waals surface area contributed by atoms with Gasteiger partial charge in [0.15, 0.2) is 12.0 Å². The maximum atomic E-state index is 12.0. The number of nitrogens with one attached hydrogen (secondary N) is 5. The van der Waals surface area contributed by atoms with Crippen LogP contribution in [0.4, 0.5) is 0 Å². The lowest BCUT2D eigenvalue weighted by Crippen LogP contribution is -2.47. The van der Waals surface area contributed by atoms with Gasteiger partial charge in [0, 0.05) is 52.9 Å². The van der Waals surface area contributed by atoms with E-state index in [1.807, 2.05) is 0 Å². The van der Waals surface area contributed by atoms with Crippen molar-refractivity contribution in [2.24, 2.45) is 5.16 Å². The molecule has 1 amide bonds. The van der Waals surface area contributed by atoms with Crippen molar-refractivity contribution >= 4 is 11.6 Å². The van der Waals surface area contributed by atoms with Crippen molar-refractivity contribution in [1.29, 1.82) is 0 Å². The van der Waals surface area contributed by atoms with Crippen LogP contribution in [-0.2, 0) is 14.4 Å². The molecular weight excluding hydrogens is 312 g/mol. The summed E-state index contributed by atoms with van der Waals surface area (Å²) >= 11 is 0. The Kier molecular flexibility index (Phi) is 10.8. The minimum atomic E-state index is -0.364. The van der Waals surface area contributed by atoms with Crippen molar-refractivity contribution in [2.45, 2.75) is 13.2 Å². The third kappa shape index (κ3) is 7.73. The molecule has 1 aliphatic rings. The van der Waals surface area contributed by atoms with Crippen LogP contribution in [0.15, 0.2) is 17.0 Å². The largest absolute Gasteiger partial charge is 0.472 e. The maximum absolute atomic E-state index is 12.0. The Morgan fingerprint density at radius 2 is 1.75 bits per heavy atom. The number of oxime groups is 1. The quantitative estimate of drug-likeness (QED) is 0.231. The zero-order chi connectivity index (χ0) is 17.6. The predicted octanol–water partition coefficient (Wildman–Crippen LogP) is -1.65. The Bertz CT molecular complexity index is 415. The fraction of sp³-hybridized carbons (Fsp3) is 0.733. The lowest BCUT2D eigenvalue weighted by molar-refractivity contribution is -0.114. The number of hydrogen-bond acceptors (Lipinski definition) is 8. The Labute approximate surface area is 143 Å². The lowest BCUT2D eigenvalue weighted by atomic mass is 10.2. The first kappa shape index (κ1) is 20.4. The first-order valence-corrected chi connectivity index (χ1v) is 8.25. The Hall–Kier alpha value is -1.68. The van der Waals surface area contributed by atoms with Crippen molar-refractivity contribution in [1.82, 2.24) is 26.6 Å². The van der Waals surface area contributed by atoms with Crippen LogP contribution in [0.5, 0.6) is 0 Å². The summed E-state index contributed by atoms with van der Waals surface area (Å²) in [5, 5.41) is 19.6. The molecule has 1 unspecified atom stereocenters. The molecular formula is C15H30N6O3. The van der Waals surface area contributed by atoms with E-state index in [4.69, 9.17) is 9.57 Å². The molecule has 1 fully saturated rings. The number of nitrogens with zero attached hydrogens (tertiary/aromatic N) is 1. The van der Waals surface area contributed by atoms with Crippen molar-refractivity contribution in [3.63, 3.8) is 0 Å². The number of carbonyl (C=O) groups excluding carboxylic acids is 1. The van der Waals surface area contributed by atoms with Gasteiger partial charge in [-0.1, -0.05) is 5.16 Å². The van der Waals surface area contributed by atoms with Gasteiger partial charge in [-0.15, -0.1) is 0 Å². The highest BCUT2D eigenvalue weighted by Crippen LogP contribution is 2.06. The van der Waals surface area contributed by atoms with Crippen molar-refractivity contribution in [3.8, 4) is 0 Å². The molecule has 1 aliphatic heterocycles. The monoisotopic (exact) mass is 342 g/mol. The third-order valence-electron chi connectivity index (χ3n) is 3.35. The van der Waals surface area contributed by atoms with E-state index in [1.54, 1.807) is 13.0 Å².